The van der Waals surface area contributed by atoms with E-state index in [9.17, 15) is 4.79 Å². The fourth-order valence-corrected chi connectivity index (χ4v) is 4.72. The third-order valence-electron chi connectivity index (χ3n) is 6.33. The minimum Gasteiger partial charge on any atom is -0.417 e. The highest BCUT2D eigenvalue weighted by atomic mass is 32.2. The second-order valence-electron chi connectivity index (χ2n) is 10.3. The molecule has 0 spiro atoms. The maximum absolute atomic E-state index is 12.6. The zero-order valence-electron chi connectivity index (χ0n) is 21.0. The molecular weight excluding hydrogens is 446 g/mol. The van der Waals surface area contributed by atoms with Gasteiger partial charge in [0.05, 0.1) is 0 Å². The van der Waals surface area contributed by atoms with Crippen molar-refractivity contribution in [1.82, 2.24) is 0 Å². The number of nitrogens with zero attached hydrogens (tertiary/aromatic N) is 1. The summed E-state index contributed by atoms with van der Waals surface area (Å²) in [6, 6.07) is 19.8. The van der Waals surface area contributed by atoms with Gasteiger partial charge in [-0.05, 0) is 48.7 Å². The van der Waals surface area contributed by atoms with Gasteiger partial charge >= 0.3 is 0 Å². The summed E-state index contributed by atoms with van der Waals surface area (Å²) in [5.74, 6) is 0. The van der Waals surface area contributed by atoms with E-state index >= 15 is 0 Å². The van der Waals surface area contributed by atoms with Gasteiger partial charge in [-0.1, -0.05) is 93.1 Å². The van der Waals surface area contributed by atoms with E-state index in [0.29, 0.717) is 26.1 Å². The maximum Gasteiger partial charge on any atom is 0.193 e. The molecule has 0 heterocycles. The Morgan fingerprint density at radius 1 is 0.970 bits per heavy atom. The number of hydrogen-bond donors (Lipinski definition) is 0. The first-order chi connectivity index (χ1) is 15.5. The van der Waals surface area contributed by atoms with Gasteiger partial charge in [0.2, 0.25) is 0 Å². The number of thioether (sulfide) groups is 1. The van der Waals surface area contributed by atoms with Gasteiger partial charge in [-0.3, -0.25) is 4.79 Å². The Kier molecular flexibility index (Phi) is 10.4. The third-order valence-corrected chi connectivity index (χ3v) is 11.8. The lowest BCUT2D eigenvalue weighted by molar-refractivity contribution is -0.111. The molecule has 4 nitrogen and oxygen atoms in total. The fraction of sp³-hybridized carbons (Fsp3) is 0.481. The van der Waals surface area contributed by atoms with E-state index in [-0.39, 0.29) is 15.6 Å². The molecule has 0 radical (unpaired) electrons. The van der Waals surface area contributed by atoms with Crippen LogP contribution < -0.4 is 0 Å². The second-order valence-corrected chi connectivity index (χ2v) is 16.2. The number of carbonyl (C=O) groups excluding carboxylic acids is 1. The molecular formula is C27H39NO3SSi. The number of rotatable bonds is 12. The summed E-state index contributed by atoms with van der Waals surface area (Å²) in [6.07, 6.45) is 3.83. The van der Waals surface area contributed by atoms with Crippen LogP contribution in [0.25, 0.3) is 0 Å². The SMILES string of the molecule is CC(/C=N/OCc1ccccc1)(CCO[Si](C)(C)C(C)(C)C)CCC(=O)Sc1ccccc1. The molecule has 0 saturated heterocycles. The summed E-state index contributed by atoms with van der Waals surface area (Å²) in [6.45, 7) is 14.5. The lowest BCUT2D eigenvalue weighted by Gasteiger charge is -2.37. The molecule has 0 aliphatic rings. The normalized spacial score (nSPS) is 14.2. The van der Waals surface area contributed by atoms with Crippen LogP contribution in [0.1, 0.15) is 52.5 Å². The number of hydrogen-bond acceptors (Lipinski definition) is 5. The molecule has 1 unspecified atom stereocenters. The Morgan fingerprint density at radius 2 is 1.58 bits per heavy atom. The molecule has 0 aliphatic carbocycles. The summed E-state index contributed by atoms with van der Waals surface area (Å²) in [4.78, 5) is 19.1. The lowest BCUT2D eigenvalue weighted by atomic mass is 9.84. The zero-order valence-corrected chi connectivity index (χ0v) is 22.8. The van der Waals surface area contributed by atoms with Crippen LogP contribution >= 0.6 is 11.8 Å². The van der Waals surface area contributed by atoms with Gasteiger partial charge in [0, 0.05) is 29.6 Å². The van der Waals surface area contributed by atoms with E-state index in [1.54, 1.807) is 0 Å². The van der Waals surface area contributed by atoms with Crippen molar-refractivity contribution in [2.75, 3.05) is 6.61 Å². The molecule has 6 heteroatoms. The smallest absolute Gasteiger partial charge is 0.193 e. The highest BCUT2D eigenvalue weighted by molar-refractivity contribution is 8.13. The molecule has 0 fully saturated rings. The quantitative estimate of drug-likeness (QED) is 0.134. The molecule has 0 aromatic heterocycles. The molecule has 180 valence electrons. The lowest BCUT2D eigenvalue weighted by Crippen LogP contribution is -2.41. The van der Waals surface area contributed by atoms with Crippen molar-refractivity contribution < 1.29 is 14.1 Å². The van der Waals surface area contributed by atoms with Gasteiger partial charge in [0.25, 0.3) is 0 Å². The Labute approximate surface area is 205 Å². The van der Waals surface area contributed by atoms with Gasteiger partial charge < -0.3 is 9.26 Å². The molecule has 0 saturated carbocycles. The van der Waals surface area contributed by atoms with Crippen molar-refractivity contribution in [1.29, 1.82) is 0 Å². The Hall–Kier alpha value is -1.89. The summed E-state index contributed by atoms with van der Waals surface area (Å²) >= 11 is 1.30. The first kappa shape index (κ1) is 27.4. The first-order valence-corrected chi connectivity index (χ1v) is 15.3. The van der Waals surface area contributed by atoms with E-state index in [1.165, 1.54) is 11.8 Å². The van der Waals surface area contributed by atoms with Gasteiger partial charge in [0.1, 0.15) is 6.61 Å². The minimum atomic E-state index is -1.83. The molecule has 0 N–H and O–H groups in total. The van der Waals surface area contributed by atoms with Gasteiger partial charge in [-0.25, -0.2) is 0 Å². The Morgan fingerprint density at radius 3 is 2.18 bits per heavy atom. The monoisotopic (exact) mass is 485 g/mol. The van der Waals surface area contributed by atoms with Crippen LogP contribution in [0.5, 0.6) is 0 Å². The largest absolute Gasteiger partial charge is 0.417 e. The average Bonchev–Trinajstić information content (AvgIpc) is 2.76. The zero-order chi connectivity index (χ0) is 24.4. The van der Waals surface area contributed by atoms with Crippen LogP contribution in [0.2, 0.25) is 18.1 Å². The minimum absolute atomic E-state index is 0.163. The van der Waals surface area contributed by atoms with E-state index in [4.69, 9.17) is 9.26 Å². The van der Waals surface area contributed by atoms with Crippen molar-refractivity contribution in [3.05, 3.63) is 66.2 Å². The van der Waals surface area contributed by atoms with Gasteiger partial charge in [0.15, 0.2) is 13.4 Å². The standard InChI is InChI=1S/C27H39NO3SSi/c1-26(2,3)33(5,6)31-20-19-27(4,22-28-30-21-23-13-9-7-10-14-23)18-17-25(29)32-24-15-11-8-12-16-24/h7-16,22H,17-21H2,1-6H3/b28-22+. The topological polar surface area (TPSA) is 47.9 Å². The molecule has 2 aromatic carbocycles. The van der Waals surface area contributed by atoms with Crippen LogP contribution in [-0.2, 0) is 20.7 Å². The molecule has 2 aromatic rings. The predicted octanol–water partition coefficient (Wildman–Crippen LogP) is 7.71. The van der Waals surface area contributed by atoms with Crippen molar-refractivity contribution in [2.24, 2.45) is 10.6 Å². The summed E-state index contributed by atoms with van der Waals surface area (Å²) in [5, 5.41) is 4.61. The number of benzene rings is 2. The van der Waals surface area contributed by atoms with Crippen molar-refractivity contribution in [3.8, 4) is 0 Å². The summed E-state index contributed by atoms with van der Waals surface area (Å²) < 4.78 is 6.41. The molecule has 1 atom stereocenters. The highest BCUT2D eigenvalue weighted by Crippen LogP contribution is 2.37. The Balaban J connectivity index is 1.97. The van der Waals surface area contributed by atoms with Crippen LogP contribution in [0.3, 0.4) is 0 Å². The average molecular weight is 486 g/mol. The van der Waals surface area contributed by atoms with Crippen LogP contribution in [0, 0.1) is 5.41 Å². The third kappa shape index (κ3) is 9.86. The molecule has 0 aliphatic heterocycles. The Bertz CT molecular complexity index is 881. The first-order valence-electron chi connectivity index (χ1n) is 11.6. The number of oxime groups is 1. The summed E-state index contributed by atoms with van der Waals surface area (Å²) in [7, 11) is -1.83. The van der Waals surface area contributed by atoms with Gasteiger partial charge in [-0.15, -0.1) is 0 Å². The van der Waals surface area contributed by atoms with Crippen molar-refractivity contribution in [3.63, 3.8) is 0 Å². The fourth-order valence-electron chi connectivity index (χ4n) is 2.92. The van der Waals surface area contributed by atoms with E-state index in [1.807, 2.05) is 66.9 Å². The van der Waals surface area contributed by atoms with Crippen molar-refractivity contribution in [2.45, 2.75) is 76.6 Å². The van der Waals surface area contributed by atoms with Crippen LogP contribution in [-0.4, -0.2) is 26.3 Å². The van der Waals surface area contributed by atoms with E-state index in [2.05, 4.69) is 45.9 Å². The summed E-state index contributed by atoms with van der Waals surface area (Å²) in [5.41, 5.74) is 0.790. The highest BCUT2D eigenvalue weighted by Gasteiger charge is 2.37. The second kappa shape index (κ2) is 12.5. The van der Waals surface area contributed by atoms with Crippen LogP contribution in [0.4, 0.5) is 0 Å². The molecule has 2 rings (SSSR count). The molecule has 0 amide bonds. The van der Waals surface area contributed by atoms with E-state index < -0.39 is 8.32 Å². The van der Waals surface area contributed by atoms with Gasteiger partial charge in [-0.2, -0.15) is 0 Å². The molecule has 33 heavy (non-hydrogen) atoms. The molecule has 0 bridgehead atoms. The van der Waals surface area contributed by atoms with Crippen LogP contribution in [0.15, 0.2) is 70.7 Å². The van der Waals surface area contributed by atoms with E-state index in [0.717, 1.165) is 16.9 Å². The van der Waals surface area contributed by atoms with Crippen molar-refractivity contribution >= 4 is 31.4 Å². The predicted molar refractivity (Wildman–Crippen MR) is 142 cm³/mol. The maximum atomic E-state index is 12.6. The number of carbonyl (C=O) groups is 1.